The van der Waals surface area contributed by atoms with Gasteiger partial charge in [0.15, 0.2) is 24.2 Å². The number of ether oxygens (including phenoxy) is 5. The lowest BCUT2D eigenvalue weighted by atomic mass is 10.1. The normalized spacial score (nSPS) is 14.0. The molecule has 0 aliphatic carbocycles. The third kappa shape index (κ3) is 6.48. The second-order valence-corrected chi connectivity index (χ2v) is 8.40. The Balaban J connectivity index is 1.66. The second-order valence-electron chi connectivity index (χ2n) is 8.40. The lowest BCUT2D eigenvalue weighted by Crippen LogP contribution is -2.43. The lowest BCUT2D eigenvalue weighted by molar-refractivity contribution is -0.137. The van der Waals surface area contributed by atoms with Crippen LogP contribution in [0.5, 0.6) is 11.5 Å². The van der Waals surface area contributed by atoms with Gasteiger partial charge in [-0.05, 0) is 51.5 Å². The van der Waals surface area contributed by atoms with Crippen molar-refractivity contribution in [2.75, 3.05) is 46.6 Å². The maximum Gasteiger partial charge on any atom is 0.340 e. The molecule has 11 heteroatoms. The Morgan fingerprint density at radius 1 is 1.08 bits per heavy atom. The Hall–Kier alpha value is -3.86. The first-order chi connectivity index (χ1) is 17.7. The van der Waals surface area contributed by atoms with Crippen LogP contribution in [0.1, 0.15) is 56.3 Å². The molecule has 0 radical (unpaired) electrons. The van der Waals surface area contributed by atoms with Crippen molar-refractivity contribution in [2.24, 2.45) is 0 Å². The summed E-state index contributed by atoms with van der Waals surface area (Å²) in [6.07, 6.45) is -1.13. The fraction of sp³-hybridized carbons (Fsp3) is 0.462. The van der Waals surface area contributed by atoms with Crippen molar-refractivity contribution in [1.82, 2.24) is 9.88 Å². The highest BCUT2D eigenvalue weighted by Crippen LogP contribution is 2.29. The van der Waals surface area contributed by atoms with Gasteiger partial charge in [-0.25, -0.2) is 9.59 Å². The molecule has 1 aliphatic heterocycles. The van der Waals surface area contributed by atoms with Crippen LogP contribution in [0.25, 0.3) is 0 Å². The van der Waals surface area contributed by atoms with Crippen LogP contribution in [0.15, 0.2) is 18.2 Å². The monoisotopic (exact) mass is 516 g/mol. The Bertz CT molecular complexity index is 1170. The molecule has 0 saturated carbocycles. The molecule has 1 aromatic carbocycles. The third-order valence-electron chi connectivity index (χ3n) is 5.93. The summed E-state index contributed by atoms with van der Waals surface area (Å²) in [5.41, 5.74) is 1.52. The first kappa shape index (κ1) is 27.7. The summed E-state index contributed by atoms with van der Waals surface area (Å²) in [5.74, 6) is -1.42. The summed E-state index contributed by atoms with van der Waals surface area (Å²) >= 11 is 0. The predicted molar refractivity (Wildman–Crippen MR) is 131 cm³/mol. The number of morpholine rings is 1. The number of esters is 2. The van der Waals surface area contributed by atoms with Crippen molar-refractivity contribution in [3.8, 4) is 11.5 Å². The summed E-state index contributed by atoms with van der Waals surface area (Å²) in [7, 11) is 1.41. The molecule has 0 bridgehead atoms. The minimum atomic E-state index is -1.13. The zero-order valence-electron chi connectivity index (χ0n) is 21.7. The van der Waals surface area contributed by atoms with Gasteiger partial charge < -0.3 is 33.6 Å². The number of rotatable bonds is 10. The Morgan fingerprint density at radius 2 is 1.78 bits per heavy atom. The van der Waals surface area contributed by atoms with E-state index in [4.69, 9.17) is 23.7 Å². The standard InChI is InChI=1S/C26H32N2O9/c1-6-35-26(32)22-15(2)23(27-16(22)3)24(30)17(4)37-25(31)18-7-8-19(20(13-18)33-5)36-14-21(29)28-9-11-34-12-10-28/h7-8,13,17,27H,6,9-12,14H2,1-5H3/t17-/m1/s1. The smallest absolute Gasteiger partial charge is 0.340 e. The highest BCUT2D eigenvalue weighted by Gasteiger charge is 2.28. The van der Waals surface area contributed by atoms with Gasteiger partial charge in [-0.2, -0.15) is 0 Å². The van der Waals surface area contributed by atoms with E-state index in [-0.39, 0.29) is 47.4 Å². The summed E-state index contributed by atoms with van der Waals surface area (Å²) in [6.45, 7) is 8.45. The fourth-order valence-electron chi connectivity index (χ4n) is 3.95. The van der Waals surface area contributed by atoms with Crippen LogP contribution in [-0.4, -0.2) is 86.2 Å². The van der Waals surface area contributed by atoms with Gasteiger partial charge in [0.05, 0.1) is 43.8 Å². The van der Waals surface area contributed by atoms with Crippen LogP contribution >= 0.6 is 0 Å². The first-order valence-corrected chi connectivity index (χ1v) is 12.0. The van der Waals surface area contributed by atoms with E-state index in [1.165, 1.54) is 32.2 Å². The molecule has 0 unspecified atom stereocenters. The highest BCUT2D eigenvalue weighted by molar-refractivity contribution is 6.04. The molecule has 37 heavy (non-hydrogen) atoms. The van der Waals surface area contributed by atoms with Crippen LogP contribution < -0.4 is 9.47 Å². The number of carbonyl (C=O) groups is 4. The van der Waals surface area contributed by atoms with Crippen LogP contribution in [-0.2, 0) is 19.0 Å². The highest BCUT2D eigenvalue weighted by atomic mass is 16.5. The summed E-state index contributed by atoms with van der Waals surface area (Å²) in [6, 6.07) is 4.37. The van der Waals surface area contributed by atoms with Gasteiger partial charge in [0.1, 0.15) is 0 Å². The molecule has 11 nitrogen and oxygen atoms in total. The second kappa shape index (κ2) is 12.4. The molecule has 2 aromatic rings. The van der Waals surface area contributed by atoms with Gasteiger partial charge in [-0.15, -0.1) is 0 Å². The maximum absolute atomic E-state index is 13.0. The quantitative estimate of drug-likeness (QED) is 0.373. The van der Waals surface area contributed by atoms with Crippen LogP contribution in [0.3, 0.4) is 0 Å². The molecular formula is C26H32N2O9. The fourth-order valence-corrected chi connectivity index (χ4v) is 3.95. The largest absolute Gasteiger partial charge is 0.493 e. The van der Waals surface area contributed by atoms with E-state index in [0.717, 1.165) is 0 Å². The molecule has 1 aliphatic rings. The zero-order valence-corrected chi connectivity index (χ0v) is 21.7. The third-order valence-corrected chi connectivity index (χ3v) is 5.93. The Morgan fingerprint density at radius 3 is 2.43 bits per heavy atom. The van der Waals surface area contributed by atoms with Gasteiger partial charge in [0, 0.05) is 18.8 Å². The number of carbonyl (C=O) groups excluding carboxylic acids is 4. The van der Waals surface area contributed by atoms with Gasteiger partial charge in [-0.1, -0.05) is 0 Å². The average molecular weight is 517 g/mol. The zero-order chi connectivity index (χ0) is 27.1. The number of nitrogens with zero attached hydrogens (tertiary/aromatic N) is 1. The predicted octanol–water partition coefficient (Wildman–Crippen LogP) is 2.48. The number of hydrogen-bond acceptors (Lipinski definition) is 9. The minimum Gasteiger partial charge on any atom is -0.493 e. The topological polar surface area (TPSA) is 133 Å². The van der Waals surface area contributed by atoms with E-state index < -0.39 is 23.8 Å². The number of ketones is 1. The van der Waals surface area contributed by atoms with Crippen molar-refractivity contribution in [2.45, 2.75) is 33.8 Å². The van der Waals surface area contributed by atoms with Crippen molar-refractivity contribution >= 4 is 23.6 Å². The van der Waals surface area contributed by atoms with Crippen molar-refractivity contribution in [3.63, 3.8) is 0 Å². The van der Waals surface area contributed by atoms with Crippen LogP contribution in [0, 0.1) is 13.8 Å². The van der Waals surface area contributed by atoms with E-state index in [1.54, 1.807) is 25.7 Å². The van der Waals surface area contributed by atoms with Gasteiger partial charge in [0.25, 0.3) is 5.91 Å². The molecule has 1 atom stereocenters. The number of benzene rings is 1. The summed E-state index contributed by atoms with van der Waals surface area (Å²) in [5, 5.41) is 0. The number of Topliss-reactive ketones (excluding diaryl/α,β-unsaturated/α-hetero) is 1. The van der Waals surface area contributed by atoms with E-state index in [1.807, 2.05) is 0 Å². The molecule has 1 amide bonds. The Labute approximate surface area is 215 Å². The molecular weight excluding hydrogens is 484 g/mol. The van der Waals surface area contributed by atoms with Crippen LogP contribution in [0.4, 0.5) is 0 Å². The number of methoxy groups -OCH3 is 1. The molecule has 2 heterocycles. The first-order valence-electron chi connectivity index (χ1n) is 12.0. The number of aryl methyl sites for hydroxylation is 1. The van der Waals surface area contributed by atoms with Crippen LogP contribution in [0.2, 0.25) is 0 Å². The molecule has 200 valence electrons. The van der Waals surface area contributed by atoms with Crippen molar-refractivity contribution in [3.05, 3.63) is 46.3 Å². The number of amides is 1. The van der Waals surface area contributed by atoms with Gasteiger partial charge in [0.2, 0.25) is 5.78 Å². The van der Waals surface area contributed by atoms with E-state index in [9.17, 15) is 19.2 Å². The molecule has 1 saturated heterocycles. The van der Waals surface area contributed by atoms with E-state index in [2.05, 4.69) is 4.98 Å². The lowest BCUT2D eigenvalue weighted by Gasteiger charge is -2.26. The number of H-pyrrole nitrogens is 1. The van der Waals surface area contributed by atoms with Crippen molar-refractivity contribution in [1.29, 1.82) is 0 Å². The SMILES string of the molecule is CCOC(=O)c1c(C)[nH]c(C(=O)[C@@H](C)OC(=O)c2ccc(OCC(=O)N3CCOCC3)c(OC)c2)c1C. The van der Waals surface area contributed by atoms with Gasteiger partial charge in [-0.3, -0.25) is 9.59 Å². The minimum absolute atomic E-state index is 0.134. The van der Waals surface area contributed by atoms with Gasteiger partial charge >= 0.3 is 11.9 Å². The molecule has 1 N–H and O–H groups in total. The van der Waals surface area contributed by atoms with E-state index >= 15 is 0 Å². The van der Waals surface area contributed by atoms with Crippen molar-refractivity contribution < 1.29 is 42.9 Å². The summed E-state index contributed by atoms with van der Waals surface area (Å²) in [4.78, 5) is 54.9. The molecule has 3 rings (SSSR count). The molecule has 1 fully saturated rings. The number of aromatic amines is 1. The molecule has 0 spiro atoms. The summed E-state index contributed by atoms with van der Waals surface area (Å²) < 4.78 is 26.6. The number of aromatic nitrogens is 1. The maximum atomic E-state index is 13.0. The van der Waals surface area contributed by atoms with E-state index in [0.29, 0.717) is 37.6 Å². The number of hydrogen-bond donors (Lipinski definition) is 1. The average Bonchev–Trinajstić information content (AvgIpc) is 3.20. The number of nitrogens with one attached hydrogen (secondary N) is 1. The molecule has 1 aromatic heterocycles. The Kier molecular flexibility index (Phi) is 9.29.